The summed E-state index contributed by atoms with van der Waals surface area (Å²) >= 11 is 6.43. The predicted molar refractivity (Wildman–Crippen MR) is 155 cm³/mol. The smallest absolute Gasteiger partial charge is 0.274 e. The van der Waals surface area contributed by atoms with E-state index in [1.165, 1.54) is 7.11 Å². The molecule has 208 valence electrons. The SMILES string of the molecule is COc1c(CNC(=O)C(C)(C)C)ccc(Cl)c1C(=O)Nc1ccc2cnn(C3CCC(C)(C)CC3)c(=O)c2c1. The van der Waals surface area contributed by atoms with Crippen molar-refractivity contribution in [3.63, 3.8) is 0 Å². The molecule has 4 rings (SSSR count). The Bertz CT molecular complexity index is 1460. The van der Waals surface area contributed by atoms with Crippen LogP contribution in [0.2, 0.25) is 5.02 Å². The number of nitrogens with zero attached hydrogens (tertiary/aromatic N) is 2. The highest BCUT2D eigenvalue weighted by Gasteiger charge is 2.29. The maximum Gasteiger partial charge on any atom is 0.274 e. The lowest BCUT2D eigenvalue weighted by molar-refractivity contribution is -0.128. The van der Waals surface area contributed by atoms with Crippen LogP contribution in [0.25, 0.3) is 10.8 Å². The van der Waals surface area contributed by atoms with Crippen molar-refractivity contribution in [2.45, 2.75) is 72.9 Å². The van der Waals surface area contributed by atoms with Gasteiger partial charge >= 0.3 is 0 Å². The van der Waals surface area contributed by atoms with E-state index >= 15 is 0 Å². The largest absolute Gasteiger partial charge is 0.496 e. The van der Waals surface area contributed by atoms with Crippen molar-refractivity contribution in [1.82, 2.24) is 15.1 Å². The van der Waals surface area contributed by atoms with E-state index in [1.54, 1.807) is 41.2 Å². The molecule has 0 bridgehead atoms. The number of amides is 2. The van der Waals surface area contributed by atoms with Gasteiger partial charge in [-0.05, 0) is 49.3 Å². The van der Waals surface area contributed by atoms with E-state index < -0.39 is 11.3 Å². The number of halogens is 1. The number of carbonyl (C=O) groups is 2. The molecule has 3 aromatic rings. The summed E-state index contributed by atoms with van der Waals surface area (Å²) in [4.78, 5) is 39.2. The quantitative estimate of drug-likeness (QED) is 0.384. The van der Waals surface area contributed by atoms with Crippen LogP contribution >= 0.6 is 11.6 Å². The maximum atomic E-state index is 13.4. The molecule has 1 aliphatic rings. The van der Waals surface area contributed by atoms with Gasteiger partial charge in [0.25, 0.3) is 11.5 Å². The fourth-order valence-corrected chi connectivity index (χ4v) is 5.18. The van der Waals surface area contributed by atoms with Gasteiger partial charge in [0.05, 0.1) is 29.8 Å². The number of ether oxygens (including phenoxy) is 1. The first-order valence-electron chi connectivity index (χ1n) is 13.3. The first-order valence-corrected chi connectivity index (χ1v) is 13.6. The molecule has 1 aromatic heterocycles. The Morgan fingerprint density at radius 2 is 1.85 bits per heavy atom. The Morgan fingerprint density at radius 1 is 1.15 bits per heavy atom. The lowest BCUT2D eigenvalue weighted by Crippen LogP contribution is -2.34. The number of benzene rings is 2. The zero-order valence-corrected chi connectivity index (χ0v) is 24.2. The zero-order valence-electron chi connectivity index (χ0n) is 23.5. The third-order valence-electron chi connectivity index (χ3n) is 7.47. The van der Waals surface area contributed by atoms with Crippen molar-refractivity contribution in [1.29, 1.82) is 0 Å². The second-order valence-corrected chi connectivity index (χ2v) is 12.5. The Hall–Kier alpha value is -3.39. The van der Waals surface area contributed by atoms with Gasteiger partial charge in [-0.25, -0.2) is 4.68 Å². The number of nitrogens with one attached hydrogen (secondary N) is 2. The molecule has 9 heteroatoms. The van der Waals surface area contributed by atoms with E-state index in [9.17, 15) is 14.4 Å². The molecule has 2 amide bonds. The summed E-state index contributed by atoms with van der Waals surface area (Å²) in [6.45, 7) is 10.2. The van der Waals surface area contributed by atoms with Gasteiger partial charge in [0.2, 0.25) is 5.91 Å². The standard InChI is InChI=1S/C30H37ClN4O4/c1-29(2,3)28(38)32-16-19-8-10-23(31)24(25(19)39-6)26(36)34-20-9-7-18-17-33-35(27(37)22(18)15-20)21-11-13-30(4,5)14-12-21/h7-10,15,17,21H,11-14,16H2,1-6H3,(H,32,38)(H,34,36). The number of rotatable bonds is 6. The highest BCUT2D eigenvalue weighted by Crippen LogP contribution is 2.39. The number of hydrogen-bond acceptors (Lipinski definition) is 5. The monoisotopic (exact) mass is 552 g/mol. The highest BCUT2D eigenvalue weighted by atomic mass is 35.5. The van der Waals surface area contributed by atoms with Crippen LogP contribution in [0.3, 0.4) is 0 Å². The van der Waals surface area contributed by atoms with Crippen molar-refractivity contribution in [2.75, 3.05) is 12.4 Å². The Kier molecular flexibility index (Phi) is 8.07. The summed E-state index contributed by atoms with van der Waals surface area (Å²) in [7, 11) is 1.45. The Balaban J connectivity index is 1.60. The molecule has 8 nitrogen and oxygen atoms in total. The van der Waals surface area contributed by atoms with Crippen molar-refractivity contribution < 1.29 is 14.3 Å². The molecule has 39 heavy (non-hydrogen) atoms. The van der Waals surface area contributed by atoms with Gasteiger partial charge < -0.3 is 15.4 Å². The normalized spacial score (nSPS) is 15.7. The van der Waals surface area contributed by atoms with Crippen LogP contribution < -0.4 is 20.9 Å². The Morgan fingerprint density at radius 3 is 2.49 bits per heavy atom. The Labute approximate surface area is 234 Å². The van der Waals surface area contributed by atoms with Crippen LogP contribution in [0, 0.1) is 10.8 Å². The number of fused-ring (bicyclic) bond motifs is 1. The van der Waals surface area contributed by atoms with Gasteiger partial charge in [-0.15, -0.1) is 0 Å². The fourth-order valence-electron chi connectivity index (χ4n) is 4.94. The van der Waals surface area contributed by atoms with Crippen molar-refractivity contribution in [3.05, 3.63) is 63.0 Å². The molecule has 1 fully saturated rings. The third-order valence-corrected chi connectivity index (χ3v) is 7.78. The van der Waals surface area contributed by atoms with Crippen LogP contribution in [0.5, 0.6) is 5.75 Å². The molecule has 0 atom stereocenters. The minimum Gasteiger partial charge on any atom is -0.496 e. The molecule has 0 saturated heterocycles. The summed E-state index contributed by atoms with van der Waals surface area (Å²) in [5, 5.41) is 11.6. The van der Waals surface area contributed by atoms with E-state index in [1.807, 2.05) is 20.8 Å². The van der Waals surface area contributed by atoms with Gasteiger partial charge in [-0.3, -0.25) is 14.4 Å². The number of aromatic nitrogens is 2. The summed E-state index contributed by atoms with van der Waals surface area (Å²) in [5.41, 5.74) is 0.785. The van der Waals surface area contributed by atoms with Crippen molar-refractivity contribution in [3.8, 4) is 5.75 Å². The fraction of sp³-hybridized carbons (Fsp3) is 0.467. The summed E-state index contributed by atoms with van der Waals surface area (Å²) < 4.78 is 7.16. The van der Waals surface area contributed by atoms with E-state index in [0.717, 1.165) is 25.7 Å². The maximum absolute atomic E-state index is 13.4. The highest BCUT2D eigenvalue weighted by molar-refractivity contribution is 6.35. The molecule has 2 aromatic carbocycles. The summed E-state index contributed by atoms with van der Waals surface area (Å²) in [6, 6.07) is 8.56. The molecule has 1 aliphatic carbocycles. The average Bonchev–Trinajstić information content (AvgIpc) is 2.87. The number of hydrogen-bond donors (Lipinski definition) is 2. The van der Waals surface area contributed by atoms with Crippen LogP contribution in [-0.2, 0) is 11.3 Å². The summed E-state index contributed by atoms with van der Waals surface area (Å²) in [5.74, 6) is -0.329. The average molecular weight is 553 g/mol. The zero-order chi connectivity index (χ0) is 28.5. The molecular formula is C30H37ClN4O4. The predicted octanol–water partition coefficient (Wildman–Crippen LogP) is 6.11. The van der Waals surface area contributed by atoms with E-state index in [4.69, 9.17) is 16.3 Å². The second-order valence-electron chi connectivity index (χ2n) is 12.1. The molecule has 2 N–H and O–H groups in total. The lowest BCUT2D eigenvalue weighted by atomic mass is 9.75. The van der Waals surface area contributed by atoms with Gasteiger partial charge in [0.15, 0.2) is 0 Å². The molecular weight excluding hydrogens is 516 g/mol. The van der Waals surface area contributed by atoms with E-state index in [2.05, 4.69) is 29.6 Å². The molecule has 1 saturated carbocycles. The van der Waals surface area contributed by atoms with Crippen molar-refractivity contribution in [2.24, 2.45) is 10.8 Å². The summed E-state index contributed by atoms with van der Waals surface area (Å²) in [6.07, 6.45) is 5.61. The third kappa shape index (κ3) is 6.27. The number of carbonyl (C=O) groups excluding carboxylic acids is 2. The molecule has 1 heterocycles. The molecule has 0 unspecified atom stereocenters. The molecule has 0 radical (unpaired) electrons. The minimum absolute atomic E-state index is 0.0674. The minimum atomic E-state index is -0.558. The van der Waals surface area contributed by atoms with Crippen LogP contribution in [-0.4, -0.2) is 28.7 Å². The number of anilines is 1. The van der Waals surface area contributed by atoms with Gasteiger partial charge in [0, 0.05) is 28.6 Å². The van der Waals surface area contributed by atoms with Crippen LogP contribution in [0.15, 0.2) is 41.3 Å². The number of methoxy groups -OCH3 is 1. The van der Waals surface area contributed by atoms with Crippen LogP contribution in [0.4, 0.5) is 5.69 Å². The topological polar surface area (TPSA) is 102 Å². The molecule has 0 aliphatic heterocycles. The van der Waals surface area contributed by atoms with E-state index in [0.29, 0.717) is 22.0 Å². The van der Waals surface area contributed by atoms with Gasteiger partial charge in [-0.2, -0.15) is 5.10 Å². The first kappa shape index (κ1) is 28.6. The van der Waals surface area contributed by atoms with Crippen LogP contribution in [0.1, 0.15) is 82.3 Å². The van der Waals surface area contributed by atoms with E-state index in [-0.39, 0.29) is 45.8 Å². The lowest BCUT2D eigenvalue weighted by Gasteiger charge is -2.34. The second kappa shape index (κ2) is 11.0. The molecule has 0 spiro atoms. The van der Waals surface area contributed by atoms with Gasteiger partial charge in [-0.1, -0.05) is 58.4 Å². The van der Waals surface area contributed by atoms with Crippen molar-refractivity contribution >= 4 is 39.9 Å². The first-order chi connectivity index (χ1) is 18.3. The van der Waals surface area contributed by atoms with Gasteiger partial charge in [0.1, 0.15) is 11.3 Å².